The minimum atomic E-state index is 0.141. The molecule has 0 saturated carbocycles. The molecule has 0 radical (unpaired) electrons. The molecule has 0 aromatic heterocycles. The SMILES string of the molecule is COc1cccc(N2CCN(CC(=O)NC3Cc4ccccc4C3)CC2)c1. The summed E-state index contributed by atoms with van der Waals surface area (Å²) in [5.41, 5.74) is 3.92. The van der Waals surface area contributed by atoms with Crippen LogP contribution in [0.1, 0.15) is 11.1 Å². The van der Waals surface area contributed by atoms with Crippen LogP contribution in [-0.4, -0.2) is 56.7 Å². The number of rotatable bonds is 5. The predicted octanol–water partition coefficient (Wildman–Crippen LogP) is 2.10. The van der Waals surface area contributed by atoms with Gasteiger partial charge in [0.15, 0.2) is 0 Å². The number of nitrogens with one attached hydrogen (secondary N) is 1. The average Bonchev–Trinajstić information content (AvgIpc) is 3.10. The van der Waals surface area contributed by atoms with E-state index >= 15 is 0 Å². The molecule has 2 aromatic carbocycles. The van der Waals surface area contributed by atoms with Crippen molar-refractivity contribution >= 4 is 11.6 Å². The van der Waals surface area contributed by atoms with Crippen LogP contribution < -0.4 is 15.0 Å². The number of carbonyl (C=O) groups excluding carboxylic acids is 1. The molecule has 0 unspecified atom stereocenters. The number of nitrogens with zero attached hydrogens (tertiary/aromatic N) is 2. The Bertz CT molecular complexity index is 775. The van der Waals surface area contributed by atoms with Crippen molar-refractivity contribution in [2.75, 3.05) is 44.7 Å². The zero-order valence-electron chi connectivity index (χ0n) is 15.9. The topological polar surface area (TPSA) is 44.8 Å². The molecule has 1 saturated heterocycles. The standard InChI is InChI=1S/C22H27N3O2/c1-27-21-8-4-7-20(15-21)25-11-9-24(10-12-25)16-22(26)23-19-13-17-5-2-3-6-18(17)14-19/h2-8,15,19H,9-14,16H2,1H3,(H,23,26). The summed E-state index contributed by atoms with van der Waals surface area (Å²) in [6.07, 6.45) is 1.90. The van der Waals surface area contributed by atoms with Crippen LogP contribution in [0.5, 0.6) is 5.75 Å². The lowest BCUT2D eigenvalue weighted by molar-refractivity contribution is -0.123. The number of anilines is 1. The van der Waals surface area contributed by atoms with Gasteiger partial charge in [-0.25, -0.2) is 0 Å². The monoisotopic (exact) mass is 365 g/mol. The van der Waals surface area contributed by atoms with Crippen molar-refractivity contribution in [1.82, 2.24) is 10.2 Å². The summed E-state index contributed by atoms with van der Waals surface area (Å²) in [6.45, 7) is 4.13. The first kappa shape index (κ1) is 17.9. The van der Waals surface area contributed by atoms with Crippen LogP contribution in [0.2, 0.25) is 0 Å². The Morgan fingerprint density at radius 1 is 1.04 bits per heavy atom. The van der Waals surface area contributed by atoms with E-state index in [1.807, 2.05) is 12.1 Å². The van der Waals surface area contributed by atoms with E-state index in [4.69, 9.17) is 4.74 Å². The predicted molar refractivity (Wildman–Crippen MR) is 107 cm³/mol. The molecular weight excluding hydrogens is 338 g/mol. The van der Waals surface area contributed by atoms with E-state index in [1.165, 1.54) is 16.8 Å². The highest BCUT2D eigenvalue weighted by Crippen LogP contribution is 2.23. The van der Waals surface area contributed by atoms with E-state index in [2.05, 4.69) is 51.5 Å². The average molecular weight is 365 g/mol. The first-order valence-corrected chi connectivity index (χ1v) is 9.69. The Kier molecular flexibility index (Phi) is 5.30. The van der Waals surface area contributed by atoms with E-state index in [0.717, 1.165) is 44.8 Å². The first-order chi connectivity index (χ1) is 13.2. The molecule has 5 nitrogen and oxygen atoms in total. The fraction of sp³-hybridized carbons (Fsp3) is 0.409. The number of benzene rings is 2. The third-order valence-electron chi connectivity index (χ3n) is 5.57. The van der Waals surface area contributed by atoms with Crippen molar-refractivity contribution in [2.45, 2.75) is 18.9 Å². The van der Waals surface area contributed by atoms with Gasteiger partial charge in [-0.1, -0.05) is 30.3 Å². The van der Waals surface area contributed by atoms with Crippen LogP contribution in [0.25, 0.3) is 0 Å². The maximum absolute atomic E-state index is 12.5. The first-order valence-electron chi connectivity index (χ1n) is 9.69. The van der Waals surface area contributed by atoms with Gasteiger partial charge >= 0.3 is 0 Å². The lowest BCUT2D eigenvalue weighted by Crippen LogP contribution is -2.50. The molecule has 1 amide bonds. The van der Waals surface area contributed by atoms with Crippen molar-refractivity contribution < 1.29 is 9.53 Å². The molecule has 0 atom stereocenters. The van der Waals surface area contributed by atoms with E-state index in [9.17, 15) is 4.79 Å². The van der Waals surface area contributed by atoms with Gasteiger partial charge in [0.25, 0.3) is 0 Å². The third-order valence-corrected chi connectivity index (χ3v) is 5.57. The summed E-state index contributed by atoms with van der Waals surface area (Å²) in [5, 5.41) is 3.22. The normalized spacial score (nSPS) is 17.6. The number of fused-ring (bicyclic) bond motifs is 1. The molecule has 1 N–H and O–H groups in total. The minimum Gasteiger partial charge on any atom is -0.497 e. The number of carbonyl (C=O) groups is 1. The van der Waals surface area contributed by atoms with Gasteiger partial charge in [0.2, 0.25) is 5.91 Å². The summed E-state index contributed by atoms with van der Waals surface area (Å²) in [4.78, 5) is 17.1. The van der Waals surface area contributed by atoms with Crippen molar-refractivity contribution in [3.63, 3.8) is 0 Å². The van der Waals surface area contributed by atoms with Crippen LogP contribution in [-0.2, 0) is 17.6 Å². The highest BCUT2D eigenvalue weighted by molar-refractivity contribution is 5.78. The molecule has 1 aliphatic carbocycles. The lowest BCUT2D eigenvalue weighted by Gasteiger charge is -2.36. The number of ether oxygens (including phenoxy) is 1. The van der Waals surface area contributed by atoms with Crippen LogP contribution >= 0.6 is 0 Å². The quantitative estimate of drug-likeness (QED) is 0.881. The molecule has 27 heavy (non-hydrogen) atoms. The number of methoxy groups -OCH3 is 1. The second-order valence-electron chi connectivity index (χ2n) is 7.41. The number of hydrogen-bond acceptors (Lipinski definition) is 4. The van der Waals surface area contributed by atoms with E-state index in [1.54, 1.807) is 7.11 Å². The summed E-state index contributed by atoms with van der Waals surface area (Å²) in [6, 6.07) is 16.9. The number of hydrogen-bond donors (Lipinski definition) is 1. The molecule has 0 bridgehead atoms. The van der Waals surface area contributed by atoms with Crippen LogP contribution in [0.4, 0.5) is 5.69 Å². The lowest BCUT2D eigenvalue weighted by atomic mass is 10.1. The van der Waals surface area contributed by atoms with Gasteiger partial charge in [-0.05, 0) is 36.1 Å². The van der Waals surface area contributed by atoms with Gasteiger partial charge in [0, 0.05) is 44.0 Å². The molecule has 2 aliphatic rings. The molecule has 142 valence electrons. The molecule has 1 aliphatic heterocycles. The zero-order valence-corrected chi connectivity index (χ0v) is 15.9. The van der Waals surface area contributed by atoms with Gasteiger partial charge in [-0.15, -0.1) is 0 Å². The fourth-order valence-electron chi connectivity index (χ4n) is 4.11. The maximum atomic E-state index is 12.5. The van der Waals surface area contributed by atoms with Gasteiger partial charge in [-0.3, -0.25) is 9.69 Å². The number of amides is 1. The van der Waals surface area contributed by atoms with Gasteiger partial charge < -0.3 is 15.0 Å². The highest BCUT2D eigenvalue weighted by atomic mass is 16.5. The van der Waals surface area contributed by atoms with Crippen molar-refractivity contribution in [1.29, 1.82) is 0 Å². The fourth-order valence-corrected chi connectivity index (χ4v) is 4.11. The third kappa shape index (κ3) is 4.25. The Hall–Kier alpha value is -2.53. The van der Waals surface area contributed by atoms with Crippen molar-refractivity contribution in [3.8, 4) is 5.75 Å². The molecule has 1 fully saturated rings. The van der Waals surface area contributed by atoms with Gasteiger partial charge in [0.1, 0.15) is 5.75 Å². The summed E-state index contributed by atoms with van der Waals surface area (Å²) < 4.78 is 5.32. The molecule has 5 heteroatoms. The smallest absolute Gasteiger partial charge is 0.234 e. The van der Waals surface area contributed by atoms with E-state index < -0.39 is 0 Å². The summed E-state index contributed by atoms with van der Waals surface area (Å²) in [5.74, 6) is 1.02. The second kappa shape index (κ2) is 8.01. The Morgan fingerprint density at radius 3 is 2.41 bits per heavy atom. The molecule has 1 heterocycles. The highest BCUT2D eigenvalue weighted by Gasteiger charge is 2.24. The van der Waals surface area contributed by atoms with E-state index in [0.29, 0.717) is 6.54 Å². The minimum absolute atomic E-state index is 0.141. The van der Waals surface area contributed by atoms with Crippen molar-refractivity contribution in [2.24, 2.45) is 0 Å². The summed E-state index contributed by atoms with van der Waals surface area (Å²) >= 11 is 0. The van der Waals surface area contributed by atoms with Crippen LogP contribution in [0.3, 0.4) is 0 Å². The molecular formula is C22H27N3O2. The van der Waals surface area contributed by atoms with Gasteiger partial charge in [-0.2, -0.15) is 0 Å². The Balaban J connectivity index is 1.24. The van der Waals surface area contributed by atoms with E-state index in [-0.39, 0.29) is 11.9 Å². The molecule has 4 rings (SSSR count). The molecule has 2 aromatic rings. The Morgan fingerprint density at radius 2 is 1.74 bits per heavy atom. The second-order valence-corrected chi connectivity index (χ2v) is 7.41. The van der Waals surface area contributed by atoms with Crippen molar-refractivity contribution in [3.05, 3.63) is 59.7 Å². The maximum Gasteiger partial charge on any atom is 0.234 e. The Labute approximate surface area is 160 Å². The van der Waals surface area contributed by atoms with Crippen LogP contribution in [0.15, 0.2) is 48.5 Å². The zero-order chi connectivity index (χ0) is 18.6. The van der Waals surface area contributed by atoms with Gasteiger partial charge in [0.05, 0.1) is 13.7 Å². The summed E-state index contributed by atoms with van der Waals surface area (Å²) in [7, 11) is 1.69. The van der Waals surface area contributed by atoms with Crippen LogP contribution in [0, 0.1) is 0 Å². The number of piperazine rings is 1. The largest absolute Gasteiger partial charge is 0.497 e. The molecule has 0 spiro atoms.